The third kappa shape index (κ3) is 5.34. The van der Waals surface area contributed by atoms with Crippen molar-refractivity contribution < 1.29 is 24.2 Å². The maximum Gasteiger partial charge on any atom is 0.337 e. The number of ether oxygens (including phenoxy) is 1. The van der Waals surface area contributed by atoms with Gasteiger partial charge >= 0.3 is 18.0 Å². The van der Waals surface area contributed by atoms with Crippen molar-refractivity contribution in [1.82, 2.24) is 10.3 Å². The Kier molecular flexibility index (Phi) is 5.95. The SMILES string of the molecule is CCOC(=O)CCNC(=O)Nc1cncc(C(=O)O)c1. The predicted molar refractivity (Wildman–Crippen MR) is 69.5 cm³/mol. The molecule has 0 aromatic carbocycles. The minimum absolute atomic E-state index is 0.0330. The fourth-order valence-electron chi connectivity index (χ4n) is 1.31. The summed E-state index contributed by atoms with van der Waals surface area (Å²) in [5.41, 5.74) is 0.216. The molecule has 8 heteroatoms. The molecule has 1 heterocycles. The molecule has 0 spiro atoms. The van der Waals surface area contributed by atoms with Crippen LogP contribution >= 0.6 is 0 Å². The summed E-state index contributed by atoms with van der Waals surface area (Å²) < 4.78 is 4.70. The second-order valence-corrected chi connectivity index (χ2v) is 3.70. The highest BCUT2D eigenvalue weighted by Crippen LogP contribution is 2.07. The van der Waals surface area contributed by atoms with Crippen molar-refractivity contribution in [3.63, 3.8) is 0 Å². The normalized spacial score (nSPS) is 9.65. The average molecular weight is 281 g/mol. The maximum atomic E-state index is 11.5. The van der Waals surface area contributed by atoms with Crippen LogP contribution in [0.5, 0.6) is 0 Å². The molecule has 0 aliphatic heterocycles. The van der Waals surface area contributed by atoms with Gasteiger partial charge in [-0.15, -0.1) is 0 Å². The number of nitrogens with zero attached hydrogens (tertiary/aromatic N) is 1. The molecule has 8 nitrogen and oxygen atoms in total. The summed E-state index contributed by atoms with van der Waals surface area (Å²) >= 11 is 0. The van der Waals surface area contributed by atoms with E-state index in [1.54, 1.807) is 6.92 Å². The van der Waals surface area contributed by atoms with Gasteiger partial charge in [0.2, 0.25) is 0 Å². The number of hydrogen-bond acceptors (Lipinski definition) is 5. The van der Waals surface area contributed by atoms with Crippen LogP contribution in [0.3, 0.4) is 0 Å². The first kappa shape index (κ1) is 15.4. The third-order valence-electron chi connectivity index (χ3n) is 2.16. The standard InChI is InChI=1S/C12H15N3O5/c1-2-20-10(16)3-4-14-12(19)15-9-5-8(11(17)18)6-13-7-9/h5-7H,2-4H2,1H3,(H,17,18)(H2,14,15,19). The number of carboxylic acids is 1. The molecule has 20 heavy (non-hydrogen) atoms. The molecule has 0 radical (unpaired) electrons. The van der Waals surface area contributed by atoms with E-state index >= 15 is 0 Å². The topological polar surface area (TPSA) is 118 Å². The lowest BCUT2D eigenvalue weighted by atomic mass is 10.3. The lowest BCUT2D eigenvalue weighted by molar-refractivity contribution is -0.142. The molecule has 0 aliphatic rings. The molecule has 1 rings (SSSR count). The van der Waals surface area contributed by atoms with Crippen LogP contribution in [0.1, 0.15) is 23.7 Å². The first-order valence-electron chi connectivity index (χ1n) is 5.91. The van der Waals surface area contributed by atoms with Gasteiger partial charge in [-0.05, 0) is 13.0 Å². The number of amides is 2. The second-order valence-electron chi connectivity index (χ2n) is 3.70. The van der Waals surface area contributed by atoms with Crippen molar-refractivity contribution in [3.8, 4) is 0 Å². The van der Waals surface area contributed by atoms with Crippen LogP contribution in [0.25, 0.3) is 0 Å². The van der Waals surface area contributed by atoms with E-state index < -0.39 is 18.0 Å². The summed E-state index contributed by atoms with van der Waals surface area (Å²) in [5, 5.41) is 13.6. The quantitative estimate of drug-likeness (QED) is 0.665. The molecule has 0 bridgehead atoms. The van der Waals surface area contributed by atoms with E-state index in [1.807, 2.05) is 0 Å². The van der Waals surface area contributed by atoms with Crippen LogP contribution < -0.4 is 10.6 Å². The Bertz CT molecular complexity index is 504. The van der Waals surface area contributed by atoms with E-state index in [0.717, 1.165) is 0 Å². The van der Waals surface area contributed by atoms with Crippen molar-refractivity contribution in [2.75, 3.05) is 18.5 Å². The first-order valence-corrected chi connectivity index (χ1v) is 5.91. The number of urea groups is 1. The molecule has 3 N–H and O–H groups in total. The van der Waals surface area contributed by atoms with E-state index in [-0.39, 0.29) is 24.2 Å². The zero-order valence-corrected chi connectivity index (χ0v) is 10.9. The number of aromatic carboxylic acids is 1. The molecule has 0 aliphatic carbocycles. The van der Waals surface area contributed by atoms with Crippen LogP contribution in [0.15, 0.2) is 18.5 Å². The summed E-state index contributed by atoms with van der Waals surface area (Å²) in [5.74, 6) is -1.54. The van der Waals surface area contributed by atoms with Gasteiger partial charge in [-0.2, -0.15) is 0 Å². The minimum Gasteiger partial charge on any atom is -0.478 e. The highest BCUT2D eigenvalue weighted by Gasteiger charge is 2.07. The van der Waals surface area contributed by atoms with Crippen molar-refractivity contribution in [2.24, 2.45) is 0 Å². The number of nitrogens with one attached hydrogen (secondary N) is 2. The van der Waals surface area contributed by atoms with Gasteiger partial charge in [0, 0.05) is 12.7 Å². The number of anilines is 1. The Hall–Kier alpha value is -2.64. The molecule has 1 aromatic rings. The first-order chi connectivity index (χ1) is 9.52. The van der Waals surface area contributed by atoms with Gasteiger partial charge in [0.25, 0.3) is 0 Å². The molecule has 0 atom stereocenters. The maximum absolute atomic E-state index is 11.5. The van der Waals surface area contributed by atoms with Crippen LogP contribution in [-0.2, 0) is 9.53 Å². The molecule has 0 unspecified atom stereocenters. The Balaban J connectivity index is 2.41. The Labute approximate surface area is 115 Å². The number of hydrogen-bond donors (Lipinski definition) is 3. The third-order valence-corrected chi connectivity index (χ3v) is 2.16. The van der Waals surface area contributed by atoms with Gasteiger partial charge in [0.05, 0.1) is 30.5 Å². The highest BCUT2D eigenvalue weighted by atomic mass is 16.5. The fourth-order valence-corrected chi connectivity index (χ4v) is 1.31. The van der Waals surface area contributed by atoms with Crippen LogP contribution in [-0.4, -0.2) is 41.2 Å². The molecular weight excluding hydrogens is 266 g/mol. The van der Waals surface area contributed by atoms with E-state index in [2.05, 4.69) is 15.6 Å². The van der Waals surface area contributed by atoms with Gasteiger partial charge in [-0.25, -0.2) is 9.59 Å². The van der Waals surface area contributed by atoms with Crippen LogP contribution in [0.2, 0.25) is 0 Å². The molecule has 0 fully saturated rings. The van der Waals surface area contributed by atoms with Crippen molar-refractivity contribution in [1.29, 1.82) is 0 Å². The number of carbonyl (C=O) groups is 3. The minimum atomic E-state index is -1.14. The van der Waals surface area contributed by atoms with E-state index in [1.165, 1.54) is 18.5 Å². The predicted octanol–water partition coefficient (Wildman–Crippen LogP) is 0.854. The van der Waals surface area contributed by atoms with Crippen molar-refractivity contribution in [2.45, 2.75) is 13.3 Å². The summed E-state index contributed by atoms with van der Waals surface area (Å²) in [6.07, 6.45) is 2.55. The van der Waals surface area contributed by atoms with Crippen molar-refractivity contribution in [3.05, 3.63) is 24.0 Å². The lowest BCUT2D eigenvalue weighted by Gasteiger charge is -2.07. The largest absolute Gasteiger partial charge is 0.478 e. The number of carboxylic acid groups (broad SMARTS) is 1. The van der Waals surface area contributed by atoms with Gasteiger partial charge in [-0.3, -0.25) is 9.78 Å². The molecule has 0 saturated heterocycles. The molecule has 2 amide bonds. The Morgan fingerprint density at radius 1 is 1.35 bits per heavy atom. The smallest absolute Gasteiger partial charge is 0.337 e. The second kappa shape index (κ2) is 7.72. The summed E-state index contributed by atoms with van der Waals surface area (Å²) in [4.78, 5) is 36.9. The summed E-state index contributed by atoms with van der Waals surface area (Å²) in [7, 11) is 0. The fraction of sp³-hybridized carbons (Fsp3) is 0.333. The van der Waals surface area contributed by atoms with E-state index in [0.29, 0.717) is 6.61 Å². The number of rotatable bonds is 6. The number of aromatic nitrogens is 1. The molecule has 0 saturated carbocycles. The van der Waals surface area contributed by atoms with Crippen molar-refractivity contribution >= 4 is 23.7 Å². The molecule has 108 valence electrons. The van der Waals surface area contributed by atoms with Crippen LogP contribution in [0, 0.1) is 0 Å². The summed E-state index contributed by atoms with van der Waals surface area (Å²) in [6, 6.07) is 0.721. The average Bonchev–Trinajstić information content (AvgIpc) is 2.39. The Morgan fingerprint density at radius 3 is 2.75 bits per heavy atom. The zero-order valence-electron chi connectivity index (χ0n) is 10.9. The van der Waals surface area contributed by atoms with Gasteiger partial charge < -0.3 is 20.5 Å². The number of esters is 1. The van der Waals surface area contributed by atoms with E-state index in [4.69, 9.17) is 9.84 Å². The lowest BCUT2D eigenvalue weighted by Crippen LogP contribution is -2.31. The van der Waals surface area contributed by atoms with Crippen LogP contribution in [0.4, 0.5) is 10.5 Å². The number of carbonyl (C=O) groups excluding carboxylic acids is 2. The van der Waals surface area contributed by atoms with Gasteiger partial charge in [-0.1, -0.05) is 0 Å². The molecular formula is C12H15N3O5. The molecule has 1 aromatic heterocycles. The summed E-state index contributed by atoms with van der Waals surface area (Å²) in [6.45, 7) is 2.11. The van der Waals surface area contributed by atoms with E-state index in [9.17, 15) is 14.4 Å². The monoisotopic (exact) mass is 281 g/mol. The zero-order chi connectivity index (χ0) is 15.0. The Morgan fingerprint density at radius 2 is 2.10 bits per heavy atom. The highest BCUT2D eigenvalue weighted by molar-refractivity contribution is 5.92. The van der Waals surface area contributed by atoms with Gasteiger partial charge in [0.1, 0.15) is 0 Å². The number of pyridine rings is 1. The van der Waals surface area contributed by atoms with Gasteiger partial charge in [0.15, 0.2) is 0 Å².